The van der Waals surface area contributed by atoms with Crippen molar-refractivity contribution >= 4 is 142 Å². The van der Waals surface area contributed by atoms with E-state index in [2.05, 4.69) is 250 Å². The first-order chi connectivity index (χ1) is 43.6. The van der Waals surface area contributed by atoms with Crippen LogP contribution in [0.4, 0.5) is 0 Å². The zero-order chi connectivity index (χ0) is 57.3. The Labute approximate surface area is 500 Å². The molecule has 8 heteroatoms. The van der Waals surface area contributed by atoms with Crippen LogP contribution in [0.5, 0.6) is 0 Å². The molecule has 408 valence electrons. The topological polar surface area (TPSA) is 80.0 Å². The zero-order valence-electron chi connectivity index (χ0n) is 46.9. The third-order valence-corrected chi connectivity index (χ3v) is 18.4. The van der Waals surface area contributed by atoms with Gasteiger partial charge in [0, 0.05) is 98.2 Å². The Balaban J connectivity index is 0.786. The fourth-order valence-electron chi connectivity index (χ4n) is 14.5. The van der Waals surface area contributed by atoms with Crippen molar-refractivity contribution < 1.29 is 13.3 Å². The van der Waals surface area contributed by atoms with Gasteiger partial charge in [-0.1, -0.05) is 152 Å². The lowest BCUT2D eigenvalue weighted by atomic mass is 9.99. The highest BCUT2D eigenvalue weighted by atomic mass is 16.3. The Morgan fingerprint density at radius 1 is 0.216 bits per heavy atom. The molecule has 7 heterocycles. The van der Waals surface area contributed by atoms with Gasteiger partial charge in [0.2, 0.25) is 0 Å². The number of hydrogen-bond donors (Lipinski definition) is 0. The molecule has 0 aliphatic rings. The van der Waals surface area contributed by atoms with Crippen LogP contribution >= 0.6 is 0 Å². The van der Waals surface area contributed by atoms with Crippen molar-refractivity contribution in [2.75, 3.05) is 0 Å². The van der Waals surface area contributed by atoms with Crippen LogP contribution in [-0.4, -0.2) is 23.7 Å². The van der Waals surface area contributed by atoms with Crippen LogP contribution in [-0.2, 0) is 0 Å². The Kier molecular flexibility index (Phi) is 9.57. The average molecular weight is 1120 g/mol. The summed E-state index contributed by atoms with van der Waals surface area (Å²) in [5.41, 5.74) is 20.7. The Bertz CT molecular complexity index is 6400. The van der Waals surface area contributed by atoms with Gasteiger partial charge in [0.05, 0.1) is 44.3 Å². The first-order valence-corrected chi connectivity index (χ1v) is 29.8. The van der Waals surface area contributed by atoms with Crippen molar-refractivity contribution in [1.29, 1.82) is 0 Å². The minimum atomic E-state index is 0.630. The Morgan fingerprint density at radius 3 is 1.06 bits per heavy atom. The third-order valence-electron chi connectivity index (χ3n) is 18.4. The van der Waals surface area contributed by atoms with Gasteiger partial charge in [0.1, 0.15) is 33.5 Å². The molecule has 20 rings (SSSR count). The second-order valence-corrected chi connectivity index (χ2v) is 23.2. The molecule has 0 N–H and O–H groups in total. The Morgan fingerprint density at radius 2 is 0.591 bits per heavy atom. The monoisotopic (exact) mass is 1120 g/mol. The second-order valence-electron chi connectivity index (χ2n) is 23.2. The van der Waals surface area contributed by atoms with E-state index in [0.29, 0.717) is 5.82 Å². The molecule has 88 heavy (non-hydrogen) atoms. The predicted molar refractivity (Wildman–Crippen MR) is 361 cm³/mol. The lowest BCUT2D eigenvalue weighted by Gasteiger charge is -2.15. The molecular weight excluding hydrogens is 1080 g/mol. The Hall–Kier alpha value is -12.0. The van der Waals surface area contributed by atoms with Crippen LogP contribution in [0.25, 0.3) is 193 Å². The number of benzene rings is 13. The summed E-state index contributed by atoms with van der Waals surface area (Å²) in [5, 5.41) is 14.4. The van der Waals surface area contributed by atoms with Crippen molar-refractivity contribution in [2.45, 2.75) is 0 Å². The molecule has 0 bridgehead atoms. The van der Waals surface area contributed by atoms with Crippen molar-refractivity contribution in [1.82, 2.24) is 23.7 Å². The maximum atomic E-state index is 6.47. The summed E-state index contributed by atoms with van der Waals surface area (Å²) in [4.78, 5) is 11.2. The molecule has 0 amide bonds. The molecule has 0 unspecified atom stereocenters. The zero-order valence-corrected chi connectivity index (χ0v) is 46.9. The SMILES string of the molecule is c1cc(-c2ccc3nc(-c4cccc(-n5c6ccccc6c6cc7oc8ccccc8c7cc65)c4)nc(-c4cccc(-n5c6ccccc6c6cc7oc8ccccc8c7cc65)c4)c3c2)cc(-n2c3ccccc3c3cc4oc5ccccc5c4cc32)c1. The summed E-state index contributed by atoms with van der Waals surface area (Å²) >= 11 is 0. The number of furan rings is 3. The van der Waals surface area contributed by atoms with E-state index >= 15 is 0 Å². The molecular formula is C80H45N5O3. The van der Waals surface area contributed by atoms with E-state index in [4.69, 9.17) is 23.2 Å². The quantitative estimate of drug-likeness (QED) is 0.166. The number of hydrogen-bond acceptors (Lipinski definition) is 5. The summed E-state index contributed by atoms with van der Waals surface area (Å²) < 4.78 is 26.5. The number of rotatable bonds is 6. The molecule has 0 radical (unpaired) electrons. The lowest BCUT2D eigenvalue weighted by Crippen LogP contribution is -1.99. The molecule has 20 aromatic rings. The van der Waals surface area contributed by atoms with Gasteiger partial charge in [-0.2, -0.15) is 0 Å². The number of para-hydroxylation sites is 6. The van der Waals surface area contributed by atoms with Crippen molar-refractivity contribution in [3.05, 3.63) is 273 Å². The van der Waals surface area contributed by atoms with Crippen molar-refractivity contribution in [3.63, 3.8) is 0 Å². The molecule has 0 spiro atoms. The van der Waals surface area contributed by atoms with E-state index in [1.807, 2.05) is 36.4 Å². The first-order valence-electron chi connectivity index (χ1n) is 29.8. The number of aromatic nitrogens is 5. The first kappa shape index (κ1) is 47.4. The minimum Gasteiger partial charge on any atom is -0.456 e. The largest absolute Gasteiger partial charge is 0.456 e. The van der Waals surface area contributed by atoms with Gasteiger partial charge >= 0.3 is 0 Å². The lowest BCUT2D eigenvalue weighted by molar-refractivity contribution is 0.669. The number of fused-ring (bicyclic) bond motifs is 19. The predicted octanol–water partition coefficient (Wildman–Crippen LogP) is 21.6. The second kappa shape index (κ2) is 17.8. The normalized spacial score (nSPS) is 12.3. The molecule has 7 aromatic heterocycles. The summed E-state index contributed by atoms with van der Waals surface area (Å²) in [6.45, 7) is 0. The fraction of sp³-hybridized carbons (Fsp3) is 0. The molecule has 0 aliphatic heterocycles. The summed E-state index contributed by atoms with van der Waals surface area (Å²) in [5.74, 6) is 0.630. The minimum absolute atomic E-state index is 0.630. The van der Waals surface area contributed by atoms with Gasteiger partial charge in [0.15, 0.2) is 5.82 Å². The highest BCUT2D eigenvalue weighted by Gasteiger charge is 2.23. The van der Waals surface area contributed by atoms with Crippen LogP contribution in [0.15, 0.2) is 286 Å². The van der Waals surface area contributed by atoms with E-state index in [-0.39, 0.29) is 0 Å². The fourth-order valence-corrected chi connectivity index (χ4v) is 14.5. The number of nitrogens with zero attached hydrogens (tertiary/aromatic N) is 5. The molecule has 13 aromatic carbocycles. The third kappa shape index (κ3) is 6.79. The summed E-state index contributed by atoms with van der Waals surface area (Å²) in [7, 11) is 0. The maximum Gasteiger partial charge on any atom is 0.160 e. The standard InChI is InChI=1S/C80H45N5O3/c1-7-28-67-53(22-1)59-43-76-62(56-25-4-10-31-73(56)86-76)40-70(59)83(67)50-19-13-16-46(36-50)47-34-35-66-65(39-47)79(48-17-14-20-51(37-48)84-68-29-8-2-23-54(68)60-44-77-63(41-71(60)84)57-26-5-11-32-74(57)87-77)82-80(81-66)49-18-15-21-52(38-49)85-69-30-9-3-24-55(69)61-45-78-64(42-72(61)85)58-27-6-12-33-75(58)88-78/h1-45H. The van der Waals surface area contributed by atoms with E-state index in [1.54, 1.807) is 0 Å². The van der Waals surface area contributed by atoms with Gasteiger partial charge < -0.3 is 27.0 Å². The molecule has 0 fully saturated rings. The highest BCUT2D eigenvalue weighted by Crippen LogP contribution is 2.44. The molecule has 8 nitrogen and oxygen atoms in total. The van der Waals surface area contributed by atoms with Crippen LogP contribution in [0.2, 0.25) is 0 Å². The molecule has 0 saturated carbocycles. The molecule has 0 saturated heterocycles. The van der Waals surface area contributed by atoms with Crippen LogP contribution in [0, 0.1) is 0 Å². The van der Waals surface area contributed by atoms with Crippen molar-refractivity contribution in [2.24, 2.45) is 0 Å². The van der Waals surface area contributed by atoms with Crippen LogP contribution in [0.3, 0.4) is 0 Å². The molecule has 0 aliphatic carbocycles. The molecule has 0 atom stereocenters. The van der Waals surface area contributed by atoms with Gasteiger partial charge in [-0.05, 0) is 132 Å². The van der Waals surface area contributed by atoms with E-state index in [9.17, 15) is 0 Å². The smallest absolute Gasteiger partial charge is 0.160 e. The van der Waals surface area contributed by atoms with Gasteiger partial charge in [0.25, 0.3) is 0 Å². The summed E-state index contributed by atoms with van der Waals surface area (Å²) in [6.07, 6.45) is 0. The van der Waals surface area contributed by atoms with E-state index in [0.717, 1.165) is 182 Å². The van der Waals surface area contributed by atoms with Gasteiger partial charge in [-0.25, -0.2) is 9.97 Å². The van der Waals surface area contributed by atoms with Gasteiger partial charge in [-0.3, -0.25) is 0 Å². The highest BCUT2D eigenvalue weighted by molar-refractivity contribution is 6.20. The maximum absolute atomic E-state index is 6.47. The van der Waals surface area contributed by atoms with Crippen molar-refractivity contribution in [3.8, 4) is 50.8 Å². The van der Waals surface area contributed by atoms with Gasteiger partial charge in [-0.15, -0.1) is 0 Å². The van der Waals surface area contributed by atoms with E-state index < -0.39 is 0 Å². The van der Waals surface area contributed by atoms with E-state index in [1.165, 1.54) is 5.39 Å². The average Bonchev–Trinajstić information content (AvgIpc) is 1.97. The summed E-state index contributed by atoms with van der Waals surface area (Å²) in [6, 6.07) is 97.4. The van der Waals surface area contributed by atoms with Crippen LogP contribution in [0.1, 0.15) is 0 Å². The van der Waals surface area contributed by atoms with Crippen LogP contribution < -0.4 is 0 Å².